The van der Waals surface area contributed by atoms with E-state index in [2.05, 4.69) is 15.6 Å². The first-order chi connectivity index (χ1) is 7.04. The van der Waals surface area contributed by atoms with Crippen molar-refractivity contribution in [1.82, 2.24) is 10.3 Å². The Labute approximate surface area is 85.7 Å². The first-order valence-electron chi connectivity index (χ1n) is 4.46. The number of nitrogens with zero attached hydrogens (tertiary/aromatic N) is 1. The molecule has 0 atom stereocenters. The van der Waals surface area contributed by atoms with Gasteiger partial charge >= 0.3 is 6.18 Å². The SMILES string of the molecule is CNCCNc1ccc(C(F)(F)F)cn1. The fourth-order valence-corrected chi connectivity index (χ4v) is 0.982. The van der Waals surface area contributed by atoms with Crippen LogP contribution in [0.1, 0.15) is 5.56 Å². The molecule has 0 unspecified atom stereocenters. The monoisotopic (exact) mass is 219 g/mol. The highest BCUT2D eigenvalue weighted by Crippen LogP contribution is 2.28. The number of anilines is 1. The quantitative estimate of drug-likeness (QED) is 0.757. The fourth-order valence-electron chi connectivity index (χ4n) is 0.982. The van der Waals surface area contributed by atoms with Crippen LogP contribution in [0.5, 0.6) is 0 Å². The summed E-state index contributed by atoms with van der Waals surface area (Å²) >= 11 is 0. The molecule has 1 rings (SSSR count). The van der Waals surface area contributed by atoms with Crippen LogP contribution < -0.4 is 10.6 Å². The molecule has 15 heavy (non-hydrogen) atoms. The molecule has 0 radical (unpaired) electrons. The molecule has 84 valence electrons. The maximum atomic E-state index is 12.2. The molecular weight excluding hydrogens is 207 g/mol. The molecule has 3 nitrogen and oxygen atoms in total. The van der Waals surface area contributed by atoms with Crippen molar-refractivity contribution in [2.75, 3.05) is 25.5 Å². The molecule has 0 saturated carbocycles. The van der Waals surface area contributed by atoms with Gasteiger partial charge in [0.05, 0.1) is 5.56 Å². The zero-order chi connectivity index (χ0) is 11.3. The molecule has 0 aliphatic heterocycles. The zero-order valence-corrected chi connectivity index (χ0v) is 8.23. The number of alkyl halides is 3. The molecule has 1 heterocycles. The van der Waals surface area contributed by atoms with Crippen LogP contribution in [0.25, 0.3) is 0 Å². The zero-order valence-electron chi connectivity index (χ0n) is 8.23. The van der Waals surface area contributed by atoms with Crippen LogP contribution in [0.15, 0.2) is 18.3 Å². The van der Waals surface area contributed by atoms with Crippen LogP contribution in [0.3, 0.4) is 0 Å². The molecule has 6 heteroatoms. The second-order valence-electron chi connectivity index (χ2n) is 2.96. The maximum Gasteiger partial charge on any atom is 0.417 e. The Morgan fingerprint density at radius 3 is 2.47 bits per heavy atom. The Morgan fingerprint density at radius 2 is 2.00 bits per heavy atom. The van der Waals surface area contributed by atoms with Gasteiger partial charge in [0.1, 0.15) is 5.82 Å². The number of hydrogen-bond acceptors (Lipinski definition) is 3. The molecule has 0 aliphatic carbocycles. The Hall–Kier alpha value is -1.30. The van der Waals surface area contributed by atoms with Crippen LogP contribution in [0, 0.1) is 0 Å². The van der Waals surface area contributed by atoms with E-state index in [1.54, 1.807) is 7.05 Å². The average molecular weight is 219 g/mol. The minimum Gasteiger partial charge on any atom is -0.369 e. The number of likely N-dealkylation sites (N-methyl/N-ethyl adjacent to an activating group) is 1. The third-order valence-electron chi connectivity index (χ3n) is 1.77. The van der Waals surface area contributed by atoms with Gasteiger partial charge in [0.25, 0.3) is 0 Å². The van der Waals surface area contributed by atoms with E-state index in [4.69, 9.17) is 0 Å². The highest BCUT2D eigenvalue weighted by atomic mass is 19.4. The predicted octanol–water partition coefficient (Wildman–Crippen LogP) is 1.73. The summed E-state index contributed by atoms with van der Waals surface area (Å²) in [6.45, 7) is 1.34. The Bertz CT molecular complexity index is 294. The smallest absolute Gasteiger partial charge is 0.369 e. The van der Waals surface area contributed by atoms with Gasteiger partial charge in [-0.15, -0.1) is 0 Å². The van der Waals surface area contributed by atoms with Crippen LogP contribution in [-0.4, -0.2) is 25.1 Å². The largest absolute Gasteiger partial charge is 0.417 e. The lowest BCUT2D eigenvalue weighted by atomic mass is 10.3. The van der Waals surface area contributed by atoms with E-state index in [1.165, 1.54) is 6.07 Å². The molecule has 0 amide bonds. The Kier molecular flexibility index (Phi) is 3.90. The van der Waals surface area contributed by atoms with Gasteiger partial charge in [0.15, 0.2) is 0 Å². The standard InChI is InChI=1S/C9H12F3N3/c1-13-4-5-14-8-3-2-7(6-15-8)9(10,11)12/h2-3,6,13H,4-5H2,1H3,(H,14,15). The molecule has 1 aromatic heterocycles. The molecular formula is C9H12F3N3. The van der Waals surface area contributed by atoms with Crippen molar-refractivity contribution in [3.8, 4) is 0 Å². The Morgan fingerprint density at radius 1 is 1.27 bits per heavy atom. The number of aromatic nitrogens is 1. The molecule has 0 spiro atoms. The summed E-state index contributed by atoms with van der Waals surface area (Å²) in [6.07, 6.45) is -3.50. The van der Waals surface area contributed by atoms with Crippen molar-refractivity contribution < 1.29 is 13.2 Å². The summed E-state index contributed by atoms with van der Waals surface area (Å²) in [5, 5.41) is 5.79. The fraction of sp³-hybridized carbons (Fsp3) is 0.444. The van der Waals surface area contributed by atoms with Crippen molar-refractivity contribution >= 4 is 5.82 Å². The second-order valence-corrected chi connectivity index (χ2v) is 2.96. The first kappa shape index (κ1) is 11.8. The van der Waals surface area contributed by atoms with Crippen LogP contribution in [-0.2, 0) is 6.18 Å². The van der Waals surface area contributed by atoms with E-state index in [1.807, 2.05) is 0 Å². The van der Waals surface area contributed by atoms with E-state index in [0.29, 0.717) is 12.4 Å². The maximum absolute atomic E-state index is 12.2. The van der Waals surface area contributed by atoms with E-state index in [-0.39, 0.29) is 0 Å². The van der Waals surface area contributed by atoms with E-state index < -0.39 is 11.7 Å². The van der Waals surface area contributed by atoms with Gasteiger partial charge in [0, 0.05) is 19.3 Å². The number of halogens is 3. The highest BCUT2D eigenvalue weighted by Gasteiger charge is 2.30. The van der Waals surface area contributed by atoms with Crippen molar-refractivity contribution in [2.45, 2.75) is 6.18 Å². The lowest BCUT2D eigenvalue weighted by molar-refractivity contribution is -0.137. The highest BCUT2D eigenvalue weighted by molar-refractivity contribution is 5.36. The van der Waals surface area contributed by atoms with Gasteiger partial charge in [-0.3, -0.25) is 0 Å². The van der Waals surface area contributed by atoms with Gasteiger partial charge in [-0.2, -0.15) is 13.2 Å². The molecule has 0 saturated heterocycles. The van der Waals surface area contributed by atoms with Crippen molar-refractivity contribution in [1.29, 1.82) is 0 Å². The predicted molar refractivity (Wildman–Crippen MR) is 51.7 cm³/mol. The third kappa shape index (κ3) is 3.75. The van der Waals surface area contributed by atoms with Gasteiger partial charge in [0.2, 0.25) is 0 Å². The van der Waals surface area contributed by atoms with Gasteiger partial charge in [-0.25, -0.2) is 4.98 Å². The number of rotatable bonds is 4. The molecule has 0 fully saturated rings. The van der Waals surface area contributed by atoms with Crippen LogP contribution in [0.4, 0.5) is 19.0 Å². The van der Waals surface area contributed by atoms with Crippen molar-refractivity contribution in [2.24, 2.45) is 0 Å². The third-order valence-corrected chi connectivity index (χ3v) is 1.77. The van der Waals surface area contributed by atoms with E-state index >= 15 is 0 Å². The summed E-state index contributed by atoms with van der Waals surface area (Å²) < 4.78 is 36.5. The Balaban J connectivity index is 2.57. The van der Waals surface area contributed by atoms with E-state index in [9.17, 15) is 13.2 Å². The molecule has 0 aliphatic rings. The topological polar surface area (TPSA) is 37.0 Å². The minimum atomic E-state index is -4.32. The lowest BCUT2D eigenvalue weighted by Crippen LogP contribution is -2.18. The number of hydrogen-bond donors (Lipinski definition) is 2. The van der Waals surface area contributed by atoms with Crippen LogP contribution >= 0.6 is 0 Å². The molecule has 2 N–H and O–H groups in total. The summed E-state index contributed by atoms with van der Waals surface area (Å²) in [5.74, 6) is 0.443. The van der Waals surface area contributed by atoms with Crippen molar-refractivity contribution in [3.05, 3.63) is 23.9 Å². The average Bonchev–Trinajstić information content (AvgIpc) is 2.18. The number of nitrogens with one attached hydrogen (secondary N) is 2. The first-order valence-corrected chi connectivity index (χ1v) is 4.46. The normalized spacial score (nSPS) is 11.5. The molecule has 0 aromatic carbocycles. The van der Waals surface area contributed by atoms with Gasteiger partial charge in [-0.05, 0) is 19.2 Å². The molecule has 1 aromatic rings. The summed E-state index contributed by atoms with van der Waals surface area (Å²) in [6, 6.07) is 2.33. The van der Waals surface area contributed by atoms with Gasteiger partial charge in [-0.1, -0.05) is 0 Å². The summed E-state index contributed by atoms with van der Waals surface area (Å²) in [4.78, 5) is 3.66. The van der Waals surface area contributed by atoms with Crippen LogP contribution in [0.2, 0.25) is 0 Å². The summed E-state index contributed by atoms with van der Waals surface area (Å²) in [5.41, 5.74) is -0.735. The lowest BCUT2D eigenvalue weighted by Gasteiger charge is -2.08. The van der Waals surface area contributed by atoms with E-state index in [0.717, 1.165) is 18.8 Å². The number of pyridine rings is 1. The van der Waals surface area contributed by atoms with Gasteiger partial charge < -0.3 is 10.6 Å². The van der Waals surface area contributed by atoms with Crippen molar-refractivity contribution in [3.63, 3.8) is 0 Å². The molecule has 0 bridgehead atoms. The minimum absolute atomic E-state index is 0.443. The summed E-state index contributed by atoms with van der Waals surface area (Å²) in [7, 11) is 1.79. The second kappa shape index (κ2) is 4.97.